The van der Waals surface area contributed by atoms with Crippen LogP contribution >= 0.6 is 0 Å². The number of aromatic nitrogens is 1. The van der Waals surface area contributed by atoms with Crippen LogP contribution in [-0.4, -0.2) is 48.5 Å². The highest BCUT2D eigenvalue weighted by atomic mass is 16.2. The van der Waals surface area contributed by atoms with Gasteiger partial charge in [-0.1, -0.05) is 19.9 Å². The summed E-state index contributed by atoms with van der Waals surface area (Å²) in [4.78, 5) is 21.9. The number of hydrogen-bond donors (Lipinski definition) is 1. The van der Waals surface area contributed by atoms with Crippen LogP contribution in [0.5, 0.6) is 0 Å². The number of piperidine rings is 1. The van der Waals surface area contributed by atoms with Crippen molar-refractivity contribution in [2.75, 3.05) is 37.6 Å². The van der Waals surface area contributed by atoms with Gasteiger partial charge in [-0.3, -0.25) is 4.79 Å². The van der Waals surface area contributed by atoms with Crippen molar-refractivity contribution in [1.82, 2.24) is 9.88 Å². The fourth-order valence-electron chi connectivity index (χ4n) is 3.82. The number of anilines is 1. The molecule has 0 aromatic carbocycles. The van der Waals surface area contributed by atoms with Crippen molar-refractivity contribution in [2.45, 2.75) is 46.5 Å². The van der Waals surface area contributed by atoms with Crippen molar-refractivity contribution in [3.05, 3.63) is 24.4 Å². The van der Waals surface area contributed by atoms with E-state index in [0.29, 0.717) is 12.5 Å². The average Bonchev–Trinajstić information content (AvgIpc) is 2.69. The summed E-state index contributed by atoms with van der Waals surface area (Å²) in [5.74, 6) is 1.87. The van der Waals surface area contributed by atoms with Gasteiger partial charge in [-0.2, -0.15) is 0 Å². The lowest BCUT2D eigenvalue weighted by molar-refractivity contribution is -0.142. The Hall–Kier alpha value is -1.62. The lowest BCUT2D eigenvalue weighted by Crippen LogP contribution is -2.49. The highest BCUT2D eigenvalue weighted by Gasteiger charge is 2.37. The molecule has 1 aromatic heterocycles. The van der Waals surface area contributed by atoms with Crippen LogP contribution in [0.3, 0.4) is 0 Å². The number of hydrogen-bond acceptors (Lipinski definition) is 4. The average molecular weight is 347 g/mol. The van der Waals surface area contributed by atoms with Gasteiger partial charge in [0.2, 0.25) is 5.91 Å². The summed E-state index contributed by atoms with van der Waals surface area (Å²) in [7, 11) is 0. The van der Waals surface area contributed by atoms with Crippen LogP contribution in [0, 0.1) is 11.3 Å². The van der Waals surface area contributed by atoms with Crippen LogP contribution in [0.25, 0.3) is 0 Å². The zero-order chi connectivity index (χ0) is 18.3. The molecule has 0 saturated carbocycles. The summed E-state index contributed by atoms with van der Waals surface area (Å²) in [6.07, 6.45) is 5.68. The van der Waals surface area contributed by atoms with Crippen molar-refractivity contribution >= 4 is 11.7 Å². The first-order valence-electron chi connectivity index (χ1n) is 9.75. The van der Waals surface area contributed by atoms with Crippen LogP contribution in [0.1, 0.15) is 46.5 Å². The fourth-order valence-corrected chi connectivity index (χ4v) is 3.82. The van der Waals surface area contributed by atoms with Gasteiger partial charge in [-0.25, -0.2) is 4.98 Å². The van der Waals surface area contributed by atoms with Gasteiger partial charge in [0, 0.05) is 38.9 Å². The molecule has 2 N–H and O–H groups in total. The van der Waals surface area contributed by atoms with Gasteiger partial charge in [-0.15, -0.1) is 0 Å². The molecule has 1 amide bonds. The minimum Gasteiger partial charge on any atom is -0.357 e. The van der Waals surface area contributed by atoms with Gasteiger partial charge in [0.1, 0.15) is 5.82 Å². The Bertz CT molecular complexity index is 513. The molecule has 5 nitrogen and oxygen atoms in total. The smallest absolute Gasteiger partial charge is 0.230 e. The monoisotopic (exact) mass is 346 g/mol. The number of carbonyl (C=O) groups is 1. The molecule has 5 heteroatoms. The Kier molecular flexibility index (Phi) is 7.24. The number of amides is 1. The summed E-state index contributed by atoms with van der Waals surface area (Å²) >= 11 is 0. The van der Waals surface area contributed by atoms with Crippen molar-refractivity contribution < 1.29 is 4.79 Å². The van der Waals surface area contributed by atoms with E-state index in [2.05, 4.69) is 36.7 Å². The van der Waals surface area contributed by atoms with Gasteiger partial charge >= 0.3 is 0 Å². The van der Waals surface area contributed by atoms with Crippen LogP contribution < -0.4 is 10.6 Å². The topological polar surface area (TPSA) is 62.5 Å². The molecular formula is C20H34N4O. The van der Waals surface area contributed by atoms with Crippen LogP contribution in [0.4, 0.5) is 5.82 Å². The van der Waals surface area contributed by atoms with Gasteiger partial charge < -0.3 is 15.5 Å². The molecule has 25 heavy (non-hydrogen) atoms. The third-order valence-electron chi connectivity index (χ3n) is 5.93. The first-order valence-corrected chi connectivity index (χ1v) is 9.75. The Morgan fingerprint density at radius 3 is 2.44 bits per heavy atom. The maximum atomic E-state index is 13.1. The number of nitrogens with zero attached hydrogens (tertiary/aromatic N) is 3. The molecule has 0 unspecified atom stereocenters. The maximum absolute atomic E-state index is 13.1. The second-order valence-corrected chi connectivity index (χ2v) is 7.15. The molecule has 2 heterocycles. The fraction of sp³-hybridized carbons (Fsp3) is 0.700. The van der Waals surface area contributed by atoms with Crippen LogP contribution in [0.2, 0.25) is 0 Å². The Morgan fingerprint density at radius 1 is 1.28 bits per heavy atom. The second kappa shape index (κ2) is 9.18. The predicted octanol–water partition coefficient (Wildman–Crippen LogP) is 2.91. The van der Waals surface area contributed by atoms with E-state index >= 15 is 0 Å². The summed E-state index contributed by atoms with van der Waals surface area (Å²) in [6.45, 7) is 10.3. The van der Waals surface area contributed by atoms with Crippen molar-refractivity contribution in [3.63, 3.8) is 0 Å². The molecule has 0 spiro atoms. The molecule has 140 valence electrons. The van der Waals surface area contributed by atoms with Gasteiger partial charge in [0.25, 0.3) is 0 Å². The SMILES string of the molecule is CCN(CC1CCN(c2ccccn2)CC1)C(=O)C(CC)(CC)CN. The molecule has 0 radical (unpaired) electrons. The molecule has 0 atom stereocenters. The summed E-state index contributed by atoms with van der Waals surface area (Å²) < 4.78 is 0. The second-order valence-electron chi connectivity index (χ2n) is 7.15. The van der Waals surface area contributed by atoms with E-state index in [9.17, 15) is 4.79 Å². The van der Waals surface area contributed by atoms with Crippen LogP contribution in [0.15, 0.2) is 24.4 Å². The number of nitrogens with two attached hydrogens (primary N) is 1. The van der Waals surface area contributed by atoms with E-state index in [1.165, 1.54) is 0 Å². The third-order valence-corrected chi connectivity index (χ3v) is 5.93. The third kappa shape index (κ3) is 4.51. The van der Waals surface area contributed by atoms with E-state index in [-0.39, 0.29) is 11.3 Å². The molecule has 0 bridgehead atoms. The van der Waals surface area contributed by atoms with Crippen molar-refractivity contribution in [3.8, 4) is 0 Å². The van der Waals surface area contributed by atoms with E-state index in [1.807, 2.05) is 23.2 Å². The minimum atomic E-state index is -0.384. The van der Waals surface area contributed by atoms with E-state index in [1.54, 1.807) is 0 Å². The lowest BCUT2D eigenvalue weighted by atomic mass is 9.80. The minimum absolute atomic E-state index is 0.245. The first kappa shape index (κ1) is 19.7. The normalized spacial score (nSPS) is 16.1. The molecule has 2 rings (SSSR count). The van der Waals surface area contributed by atoms with Crippen LogP contribution in [-0.2, 0) is 4.79 Å². The molecule has 1 aliphatic heterocycles. The number of rotatable bonds is 8. The van der Waals surface area contributed by atoms with Gasteiger partial charge in [0.05, 0.1) is 5.41 Å². The highest BCUT2D eigenvalue weighted by Crippen LogP contribution is 2.29. The maximum Gasteiger partial charge on any atom is 0.230 e. The largest absolute Gasteiger partial charge is 0.357 e. The predicted molar refractivity (Wildman–Crippen MR) is 103 cm³/mol. The quantitative estimate of drug-likeness (QED) is 0.786. The summed E-state index contributed by atoms with van der Waals surface area (Å²) in [5, 5.41) is 0. The zero-order valence-electron chi connectivity index (χ0n) is 16.1. The molecule has 1 saturated heterocycles. The first-order chi connectivity index (χ1) is 12.1. The highest BCUT2D eigenvalue weighted by molar-refractivity contribution is 5.83. The zero-order valence-corrected chi connectivity index (χ0v) is 16.1. The summed E-state index contributed by atoms with van der Waals surface area (Å²) in [5.41, 5.74) is 5.59. The van der Waals surface area contributed by atoms with Crippen molar-refractivity contribution in [1.29, 1.82) is 0 Å². The molecule has 1 aromatic rings. The Balaban J connectivity index is 1.93. The van der Waals surface area contributed by atoms with Crippen molar-refractivity contribution in [2.24, 2.45) is 17.1 Å². The number of pyridine rings is 1. The Labute approximate surface area is 152 Å². The van der Waals surface area contributed by atoms with E-state index < -0.39 is 0 Å². The summed E-state index contributed by atoms with van der Waals surface area (Å²) in [6, 6.07) is 6.06. The standard InChI is InChI=1S/C20H34N4O/c1-4-20(5-2,16-21)19(25)23(6-3)15-17-10-13-24(14-11-17)18-9-7-8-12-22-18/h7-9,12,17H,4-6,10-11,13-16,21H2,1-3H3. The molecular weight excluding hydrogens is 312 g/mol. The molecule has 1 fully saturated rings. The molecule has 1 aliphatic rings. The lowest BCUT2D eigenvalue weighted by Gasteiger charge is -2.39. The van der Waals surface area contributed by atoms with Gasteiger partial charge in [-0.05, 0) is 50.7 Å². The Morgan fingerprint density at radius 2 is 1.96 bits per heavy atom. The van der Waals surface area contributed by atoms with Gasteiger partial charge in [0.15, 0.2) is 0 Å². The van der Waals surface area contributed by atoms with E-state index in [4.69, 9.17) is 5.73 Å². The number of carbonyl (C=O) groups excluding carboxylic acids is 1. The van der Waals surface area contributed by atoms with E-state index in [0.717, 1.165) is 57.7 Å². The molecule has 0 aliphatic carbocycles.